The number of unbranched alkanes of at least 4 members (excludes halogenated alkanes) is 1. The molecule has 0 aliphatic heterocycles. The van der Waals surface area contributed by atoms with Crippen molar-refractivity contribution in [3.8, 4) is 5.75 Å². The second-order valence-corrected chi connectivity index (χ2v) is 6.76. The number of benzene rings is 1. The van der Waals surface area contributed by atoms with E-state index in [1.165, 1.54) is 6.07 Å². The smallest absolute Gasteiger partial charge is 0.165 e. The maximum Gasteiger partial charge on any atom is 0.165 e. The van der Waals surface area contributed by atoms with E-state index in [9.17, 15) is 9.50 Å². The normalized spacial score (nSPS) is 16.8. The minimum atomic E-state index is -1.11. The predicted molar refractivity (Wildman–Crippen MR) is 93.4 cm³/mol. The van der Waals surface area contributed by atoms with Gasteiger partial charge in [0.2, 0.25) is 0 Å². The molecule has 1 atom stereocenters. The summed E-state index contributed by atoms with van der Waals surface area (Å²) >= 11 is 0. The molecule has 5 nitrogen and oxygen atoms in total. The second kappa shape index (κ2) is 9.32. The van der Waals surface area contributed by atoms with E-state index in [-0.39, 0.29) is 11.6 Å². The molecule has 1 aromatic rings. The van der Waals surface area contributed by atoms with E-state index in [2.05, 4.69) is 16.2 Å². The van der Waals surface area contributed by atoms with Gasteiger partial charge in [-0.3, -0.25) is 10.9 Å². The molecule has 0 amide bonds. The molecule has 2 rings (SSSR count). The van der Waals surface area contributed by atoms with Crippen LogP contribution in [0.25, 0.3) is 0 Å². The molecule has 1 unspecified atom stereocenters. The van der Waals surface area contributed by atoms with Crippen molar-refractivity contribution in [3.05, 3.63) is 29.6 Å². The third-order valence-electron chi connectivity index (χ3n) is 4.26. The lowest BCUT2D eigenvalue weighted by Gasteiger charge is -2.25. The van der Waals surface area contributed by atoms with E-state index in [0.717, 1.165) is 38.8 Å². The summed E-state index contributed by atoms with van der Waals surface area (Å²) < 4.78 is 19.4. The molecule has 0 aromatic heterocycles. The van der Waals surface area contributed by atoms with Crippen LogP contribution in [0.5, 0.6) is 5.75 Å². The maximum absolute atomic E-state index is 13.8. The van der Waals surface area contributed by atoms with Crippen molar-refractivity contribution in [2.45, 2.75) is 38.2 Å². The first-order valence-electron chi connectivity index (χ1n) is 8.78. The Kier molecular flexibility index (Phi) is 7.42. The summed E-state index contributed by atoms with van der Waals surface area (Å²) in [5.41, 5.74) is 5.67. The van der Waals surface area contributed by atoms with Gasteiger partial charge in [0.05, 0.1) is 6.61 Å². The zero-order valence-corrected chi connectivity index (χ0v) is 14.7. The minimum absolute atomic E-state index is 0.222. The summed E-state index contributed by atoms with van der Waals surface area (Å²) in [6, 6.07) is 4.57. The summed E-state index contributed by atoms with van der Waals surface area (Å²) in [5, 5.41) is 13.7. The molecule has 0 saturated heterocycles. The minimum Gasteiger partial charge on any atom is -0.490 e. The van der Waals surface area contributed by atoms with E-state index in [0.29, 0.717) is 24.6 Å². The second-order valence-electron chi connectivity index (χ2n) is 6.76. The van der Waals surface area contributed by atoms with Crippen LogP contribution < -0.4 is 20.9 Å². The van der Waals surface area contributed by atoms with Gasteiger partial charge < -0.3 is 15.2 Å². The van der Waals surface area contributed by atoms with Gasteiger partial charge in [0, 0.05) is 13.1 Å². The number of ether oxygens (including phenoxy) is 1. The highest BCUT2D eigenvalue weighted by molar-refractivity contribution is 5.33. The fraction of sp³-hybridized carbons (Fsp3) is 0.667. The number of hydrogen-bond acceptors (Lipinski definition) is 5. The van der Waals surface area contributed by atoms with Crippen LogP contribution in [0.4, 0.5) is 4.39 Å². The molecule has 1 aliphatic rings. The molecule has 0 radical (unpaired) electrons. The summed E-state index contributed by atoms with van der Waals surface area (Å²) in [6.07, 6.45) is 4.46. The van der Waals surface area contributed by atoms with Crippen molar-refractivity contribution in [1.29, 1.82) is 0 Å². The quantitative estimate of drug-likeness (QED) is 0.346. The Morgan fingerprint density at radius 2 is 2.00 bits per heavy atom. The third-order valence-corrected chi connectivity index (χ3v) is 4.26. The Labute approximate surface area is 143 Å². The average molecular weight is 339 g/mol. The summed E-state index contributed by atoms with van der Waals surface area (Å²) in [5.74, 6) is 0.396. The lowest BCUT2D eigenvalue weighted by molar-refractivity contribution is 0.0527. The molecule has 1 saturated carbocycles. The molecular weight excluding hydrogens is 309 g/mol. The van der Waals surface area contributed by atoms with Crippen LogP contribution in [0, 0.1) is 11.7 Å². The van der Waals surface area contributed by atoms with Gasteiger partial charge >= 0.3 is 0 Å². The van der Waals surface area contributed by atoms with Gasteiger partial charge in [0.25, 0.3) is 0 Å². The molecule has 0 heterocycles. The topological polar surface area (TPSA) is 65.5 Å². The zero-order chi connectivity index (χ0) is 17.4. The zero-order valence-electron chi connectivity index (χ0n) is 14.7. The van der Waals surface area contributed by atoms with Crippen molar-refractivity contribution in [2.24, 2.45) is 5.92 Å². The molecule has 24 heavy (non-hydrogen) atoms. The average Bonchev–Trinajstić information content (AvgIpc) is 3.37. The van der Waals surface area contributed by atoms with Crippen LogP contribution in [0.3, 0.4) is 0 Å². The highest BCUT2D eigenvalue weighted by atomic mass is 19.1. The lowest BCUT2D eigenvalue weighted by atomic mass is 9.96. The Balaban J connectivity index is 1.80. The van der Waals surface area contributed by atoms with Crippen LogP contribution in [0.1, 0.15) is 38.2 Å². The summed E-state index contributed by atoms with van der Waals surface area (Å²) in [7, 11) is 1.94. The van der Waals surface area contributed by atoms with Gasteiger partial charge in [-0.1, -0.05) is 6.07 Å². The van der Waals surface area contributed by atoms with Gasteiger partial charge in [-0.2, -0.15) is 0 Å². The van der Waals surface area contributed by atoms with Crippen LogP contribution in [0.15, 0.2) is 18.2 Å². The van der Waals surface area contributed by atoms with Gasteiger partial charge in [0.1, 0.15) is 5.60 Å². The van der Waals surface area contributed by atoms with E-state index in [4.69, 9.17) is 4.74 Å². The fourth-order valence-electron chi connectivity index (χ4n) is 2.38. The maximum atomic E-state index is 13.8. The third kappa shape index (κ3) is 6.36. The highest BCUT2D eigenvalue weighted by Gasteiger charge is 2.26. The summed E-state index contributed by atoms with van der Waals surface area (Å²) in [4.78, 5) is 0. The molecular formula is C18H30FN3O2. The largest absolute Gasteiger partial charge is 0.490 e. The van der Waals surface area contributed by atoms with Gasteiger partial charge in [-0.15, -0.1) is 0 Å². The first-order chi connectivity index (χ1) is 11.5. The number of rotatable bonds is 12. The molecule has 0 spiro atoms. The lowest BCUT2D eigenvalue weighted by Crippen LogP contribution is -2.43. The molecule has 1 fully saturated rings. The van der Waals surface area contributed by atoms with Crippen molar-refractivity contribution in [2.75, 3.05) is 33.3 Å². The monoisotopic (exact) mass is 339 g/mol. The first-order valence-corrected chi connectivity index (χ1v) is 8.78. The van der Waals surface area contributed by atoms with E-state index >= 15 is 0 Å². The Bertz CT molecular complexity index is 507. The molecule has 136 valence electrons. The standard InChI is InChI=1S/C18H30FN3O2/c1-18(23,13-22-21-10-4-3-9-20-2)15-7-8-16(19)17(11-15)24-12-14-5-6-14/h7-8,11,14,20-23H,3-6,9-10,12-13H2,1-2H3. The number of hydrogen-bond donors (Lipinski definition) is 4. The van der Waals surface area contributed by atoms with Crippen molar-refractivity contribution in [1.82, 2.24) is 16.2 Å². The van der Waals surface area contributed by atoms with Crippen LogP contribution >= 0.6 is 0 Å². The molecule has 0 bridgehead atoms. The molecule has 1 aromatic carbocycles. The Morgan fingerprint density at radius 3 is 2.71 bits per heavy atom. The van der Waals surface area contributed by atoms with E-state index in [1.54, 1.807) is 19.1 Å². The Hall–Kier alpha value is -1.21. The van der Waals surface area contributed by atoms with Crippen molar-refractivity contribution >= 4 is 0 Å². The van der Waals surface area contributed by atoms with E-state index in [1.807, 2.05) is 7.05 Å². The highest BCUT2D eigenvalue weighted by Crippen LogP contribution is 2.31. The van der Waals surface area contributed by atoms with Gasteiger partial charge in [0.15, 0.2) is 11.6 Å². The van der Waals surface area contributed by atoms with Crippen molar-refractivity contribution < 1.29 is 14.2 Å². The summed E-state index contributed by atoms with van der Waals surface area (Å²) in [6.45, 7) is 4.41. The van der Waals surface area contributed by atoms with Gasteiger partial charge in [-0.05, 0) is 69.8 Å². The SMILES string of the molecule is CNCCCCNNCC(C)(O)c1ccc(F)c(OCC2CC2)c1. The number of hydrazine groups is 1. The van der Waals surface area contributed by atoms with Crippen LogP contribution in [-0.2, 0) is 5.60 Å². The molecule has 4 N–H and O–H groups in total. The number of nitrogens with one attached hydrogen (secondary N) is 3. The van der Waals surface area contributed by atoms with Crippen molar-refractivity contribution in [3.63, 3.8) is 0 Å². The predicted octanol–water partition coefficient (Wildman–Crippen LogP) is 1.92. The number of halogens is 1. The Morgan fingerprint density at radius 1 is 1.25 bits per heavy atom. The molecule has 6 heteroatoms. The van der Waals surface area contributed by atoms with Crippen LogP contribution in [0.2, 0.25) is 0 Å². The van der Waals surface area contributed by atoms with Crippen LogP contribution in [-0.4, -0.2) is 38.4 Å². The van der Waals surface area contributed by atoms with E-state index < -0.39 is 5.60 Å². The first kappa shape index (κ1) is 19.1. The number of aliphatic hydroxyl groups is 1. The molecule has 1 aliphatic carbocycles. The van der Waals surface area contributed by atoms with Gasteiger partial charge in [-0.25, -0.2) is 4.39 Å². The fourth-order valence-corrected chi connectivity index (χ4v) is 2.38.